The van der Waals surface area contributed by atoms with Gasteiger partial charge in [0.1, 0.15) is 0 Å². The molecule has 0 atom stereocenters. The molecule has 0 aromatic heterocycles. The Bertz CT molecular complexity index is 513. The standard InChI is InChI=1S/C19H24N2O/c20-19(22)13-7-8-14-21(15-17-9-3-1-4-10-17)16-18-11-5-2-6-12-18/h1-6,9-12H,7-8,13-16H2,(H2,20,22). The van der Waals surface area contributed by atoms with Gasteiger partial charge in [-0.25, -0.2) is 0 Å². The molecule has 2 aromatic carbocycles. The molecule has 2 rings (SSSR count). The molecule has 3 heteroatoms. The van der Waals surface area contributed by atoms with Gasteiger partial charge in [0.15, 0.2) is 0 Å². The van der Waals surface area contributed by atoms with Gasteiger partial charge in [-0.15, -0.1) is 0 Å². The van der Waals surface area contributed by atoms with Crippen molar-refractivity contribution in [3.05, 3.63) is 71.8 Å². The molecule has 0 heterocycles. The summed E-state index contributed by atoms with van der Waals surface area (Å²) in [6.45, 7) is 2.82. The highest BCUT2D eigenvalue weighted by atomic mass is 16.1. The molecule has 0 aliphatic heterocycles. The quantitative estimate of drug-likeness (QED) is 0.721. The van der Waals surface area contributed by atoms with E-state index >= 15 is 0 Å². The average molecular weight is 296 g/mol. The van der Waals surface area contributed by atoms with E-state index in [4.69, 9.17) is 5.73 Å². The fourth-order valence-electron chi connectivity index (χ4n) is 2.53. The first-order valence-corrected chi connectivity index (χ1v) is 7.82. The molecule has 0 aliphatic carbocycles. The lowest BCUT2D eigenvalue weighted by molar-refractivity contribution is -0.118. The molecule has 0 unspecified atom stereocenters. The van der Waals surface area contributed by atoms with Gasteiger partial charge >= 0.3 is 0 Å². The minimum Gasteiger partial charge on any atom is -0.370 e. The van der Waals surface area contributed by atoms with Crippen molar-refractivity contribution >= 4 is 5.91 Å². The molecular weight excluding hydrogens is 272 g/mol. The zero-order chi connectivity index (χ0) is 15.6. The summed E-state index contributed by atoms with van der Waals surface area (Å²) < 4.78 is 0. The third-order valence-electron chi connectivity index (χ3n) is 3.65. The maximum Gasteiger partial charge on any atom is 0.217 e. The number of carbonyl (C=O) groups is 1. The van der Waals surface area contributed by atoms with Crippen LogP contribution >= 0.6 is 0 Å². The highest BCUT2D eigenvalue weighted by Gasteiger charge is 2.07. The van der Waals surface area contributed by atoms with E-state index in [1.165, 1.54) is 11.1 Å². The monoisotopic (exact) mass is 296 g/mol. The average Bonchev–Trinajstić information content (AvgIpc) is 2.53. The van der Waals surface area contributed by atoms with Crippen molar-refractivity contribution in [2.75, 3.05) is 6.54 Å². The van der Waals surface area contributed by atoms with Crippen molar-refractivity contribution in [3.63, 3.8) is 0 Å². The lowest BCUT2D eigenvalue weighted by Gasteiger charge is -2.22. The van der Waals surface area contributed by atoms with Crippen molar-refractivity contribution in [1.82, 2.24) is 4.90 Å². The van der Waals surface area contributed by atoms with E-state index < -0.39 is 0 Å². The van der Waals surface area contributed by atoms with Crippen LogP contribution in [0.4, 0.5) is 0 Å². The highest BCUT2D eigenvalue weighted by Crippen LogP contribution is 2.11. The van der Waals surface area contributed by atoms with Gasteiger partial charge in [0.05, 0.1) is 0 Å². The molecule has 0 saturated heterocycles. The lowest BCUT2D eigenvalue weighted by Crippen LogP contribution is -2.24. The zero-order valence-electron chi connectivity index (χ0n) is 12.9. The van der Waals surface area contributed by atoms with Crippen LogP contribution in [0.15, 0.2) is 60.7 Å². The molecule has 1 amide bonds. The van der Waals surface area contributed by atoms with Gasteiger partial charge in [0.25, 0.3) is 0 Å². The summed E-state index contributed by atoms with van der Waals surface area (Å²) in [7, 11) is 0. The molecule has 0 radical (unpaired) electrons. The summed E-state index contributed by atoms with van der Waals surface area (Å²) in [6.07, 6.45) is 2.32. The normalized spacial score (nSPS) is 10.8. The lowest BCUT2D eigenvalue weighted by atomic mass is 10.1. The number of nitrogens with two attached hydrogens (primary N) is 1. The summed E-state index contributed by atoms with van der Waals surface area (Å²) in [5.41, 5.74) is 7.83. The van der Waals surface area contributed by atoms with Crippen LogP contribution in [0.25, 0.3) is 0 Å². The number of unbranched alkanes of at least 4 members (excludes halogenated alkanes) is 1. The van der Waals surface area contributed by atoms with Gasteiger partial charge in [-0.3, -0.25) is 9.69 Å². The summed E-state index contributed by atoms with van der Waals surface area (Å²) in [6, 6.07) is 21.0. The van der Waals surface area contributed by atoms with Crippen LogP contribution < -0.4 is 5.73 Å². The first-order valence-electron chi connectivity index (χ1n) is 7.82. The third kappa shape index (κ3) is 6.10. The Kier molecular flexibility index (Phi) is 6.65. The molecule has 0 aliphatic rings. The van der Waals surface area contributed by atoms with Crippen molar-refractivity contribution in [2.45, 2.75) is 32.4 Å². The molecule has 0 bridgehead atoms. The number of hydrogen-bond donors (Lipinski definition) is 1. The van der Waals surface area contributed by atoms with E-state index in [9.17, 15) is 4.79 Å². The van der Waals surface area contributed by atoms with Crippen LogP contribution in [0.1, 0.15) is 30.4 Å². The van der Waals surface area contributed by atoms with E-state index in [1.807, 2.05) is 12.1 Å². The number of rotatable bonds is 9. The molecule has 2 aromatic rings. The van der Waals surface area contributed by atoms with Crippen LogP contribution in [0.3, 0.4) is 0 Å². The Morgan fingerprint density at radius 1 is 0.818 bits per heavy atom. The van der Waals surface area contributed by atoms with E-state index in [1.54, 1.807) is 0 Å². The molecule has 0 fully saturated rings. The number of nitrogens with zero attached hydrogens (tertiary/aromatic N) is 1. The smallest absolute Gasteiger partial charge is 0.217 e. The predicted molar refractivity (Wildman–Crippen MR) is 90.0 cm³/mol. The van der Waals surface area contributed by atoms with Crippen LogP contribution in [-0.2, 0) is 17.9 Å². The van der Waals surface area contributed by atoms with Gasteiger partial charge in [-0.2, -0.15) is 0 Å². The Balaban J connectivity index is 1.92. The molecule has 22 heavy (non-hydrogen) atoms. The summed E-state index contributed by atoms with van der Waals surface area (Å²) in [5.74, 6) is -0.210. The topological polar surface area (TPSA) is 46.3 Å². The first kappa shape index (κ1) is 16.2. The Labute approximate surface area is 132 Å². The van der Waals surface area contributed by atoms with Gasteiger partial charge < -0.3 is 5.73 Å². The van der Waals surface area contributed by atoms with Crippen molar-refractivity contribution in [1.29, 1.82) is 0 Å². The second-order valence-corrected chi connectivity index (χ2v) is 5.61. The van der Waals surface area contributed by atoms with Gasteiger partial charge in [0, 0.05) is 19.5 Å². The molecule has 0 spiro atoms. The Hall–Kier alpha value is -2.13. The second kappa shape index (κ2) is 9.00. The van der Waals surface area contributed by atoms with E-state index in [0.29, 0.717) is 6.42 Å². The first-order chi connectivity index (χ1) is 10.7. The predicted octanol–water partition coefficient (Wildman–Crippen LogP) is 3.34. The number of primary amides is 1. The van der Waals surface area contributed by atoms with E-state index in [2.05, 4.69) is 53.4 Å². The van der Waals surface area contributed by atoms with Gasteiger partial charge in [-0.05, 0) is 30.5 Å². The van der Waals surface area contributed by atoms with Crippen LogP contribution in [0, 0.1) is 0 Å². The highest BCUT2D eigenvalue weighted by molar-refractivity contribution is 5.73. The van der Waals surface area contributed by atoms with Crippen LogP contribution in [0.5, 0.6) is 0 Å². The van der Waals surface area contributed by atoms with Crippen molar-refractivity contribution < 1.29 is 4.79 Å². The minimum absolute atomic E-state index is 0.210. The van der Waals surface area contributed by atoms with E-state index in [0.717, 1.165) is 32.5 Å². The van der Waals surface area contributed by atoms with Crippen molar-refractivity contribution in [2.24, 2.45) is 5.73 Å². The fraction of sp³-hybridized carbons (Fsp3) is 0.316. The molecule has 116 valence electrons. The largest absolute Gasteiger partial charge is 0.370 e. The molecule has 0 saturated carbocycles. The maximum atomic E-state index is 10.8. The summed E-state index contributed by atoms with van der Waals surface area (Å²) in [5, 5.41) is 0. The summed E-state index contributed by atoms with van der Waals surface area (Å²) >= 11 is 0. The van der Waals surface area contributed by atoms with Crippen LogP contribution in [-0.4, -0.2) is 17.4 Å². The zero-order valence-corrected chi connectivity index (χ0v) is 12.9. The molecular formula is C19H24N2O. The molecule has 3 nitrogen and oxygen atoms in total. The number of carbonyl (C=O) groups excluding carboxylic acids is 1. The number of benzene rings is 2. The van der Waals surface area contributed by atoms with Crippen LogP contribution in [0.2, 0.25) is 0 Å². The second-order valence-electron chi connectivity index (χ2n) is 5.61. The SMILES string of the molecule is NC(=O)CCCCN(Cc1ccccc1)Cc1ccccc1. The maximum absolute atomic E-state index is 10.8. The van der Waals surface area contributed by atoms with Gasteiger partial charge in [0.2, 0.25) is 5.91 Å². The number of hydrogen-bond acceptors (Lipinski definition) is 2. The number of amides is 1. The molecule has 2 N–H and O–H groups in total. The third-order valence-corrected chi connectivity index (χ3v) is 3.65. The van der Waals surface area contributed by atoms with Crippen molar-refractivity contribution in [3.8, 4) is 0 Å². The van der Waals surface area contributed by atoms with E-state index in [-0.39, 0.29) is 5.91 Å². The Morgan fingerprint density at radius 2 is 1.32 bits per heavy atom. The fourth-order valence-corrected chi connectivity index (χ4v) is 2.53. The Morgan fingerprint density at radius 3 is 1.77 bits per heavy atom. The minimum atomic E-state index is -0.210. The summed E-state index contributed by atoms with van der Waals surface area (Å²) in [4.78, 5) is 13.3. The van der Waals surface area contributed by atoms with Gasteiger partial charge in [-0.1, -0.05) is 60.7 Å².